The maximum absolute atomic E-state index is 2.52. The molecule has 0 atom stereocenters. The van der Waals surface area contributed by atoms with Crippen LogP contribution in [0, 0.1) is 6.92 Å². The van der Waals surface area contributed by atoms with E-state index in [1.807, 2.05) is 0 Å². The quantitative estimate of drug-likeness (QED) is 0.544. The first-order valence-electron chi connectivity index (χ1n) is 8.42. The van der Waals surface area contributed by atoms with E-state index in [2.05, 4.69) is 26.0 Å². The molecule has 1 aliphatic rings. The summed E-state index contributed by atoms with van der Waals surface area (Å²) in [5.74, 6) is 0. The van der Waals surface area contributed by atoms with Crippen molar-refractivity contribution in [3.05, 3.63) is 34.4 Å². The number of hydrogen-bond donors (Lipinski definition) is 0. The van der Waals surface area contributed by atoms with Crippen molar-refractivity contribution in [2.45, 2.75) is 84.5 Å². The topological polar surface area (TPSA) is 0 Å². The first-order valence-corrected chi connectivity index (χ1v) is 8.42. The second kappa shape index (κ2) is 7.72. The number of hydrogen-bond acceptors (Lipinski definition) is 0. The van der Waals surface area contributed by atoms with E-state index in [1.165, 1.54) is 76.2 Å². The SMILES string of the molecule is CCCCCCCCc1cc2c(cc1C)CCCC2. The number of aryl methyl sites for hydroxylation is 4. The van der Waals surface area contributed by atoms with E-state index in [0.29, 0.717) is 0 Å². The highest BCUT2D eigenvalue weighted by Crippen LogP contribution is 2.25. The highest BCUT2D eigenvalue weighted by molar-refractivity contribution is 5.39. The van der Waals surface area contributed by atoms with E-state index in [0.717, 1.165) is 0 Å². The molecule has 1 aliphatic carbocycles. The molecule has 0 radical (unpaired) electrons. The molecule has 0 heterocycles. The molecular formula is C19H30. The van der Waals surface area contributed by atoms with Crippen LogP contribution in [0.2, 0.25) is 0 Å². The van der Waals surface area contributed by atoms with E-state index < -0.39 is 0 Å². The van der Waals surface area contributed by atoms with Gasteiger partial charge in [-0.1, -0.05) is 51.2 Å². The van der Waals surface area contributed by atoms with E-state index in [1.54, 1.807) is 16.7 Å². The van der Waals surface area contributed by atoms with Crippen LogP contribution in [0.3, 0.4) is 0 Å². The minimum Gasteiger partial charge on any atom is -0.0654 e. The van der Waals surface area contributed by atoms with Crippen molar-refractivity contribution in [2.24, 2.45) is 0 Å². The number of fused-ring (bicyclic) bond motifs is 1. The summed E-state index contributed by atoms with van der Waals surface area (Å²) in [6.07, 6.45) is 15.1. The Bertz CT molecular complexity index is 389. The predicted octanol–water partition coefficient (Wildman–Crippen LogP) is 5.78. The molecule has 0 fully saturated rings. The third-order valence-electron chi connectivity index (χ3n) is 4.60. The van der Waals surface area contributed by atoms with E-state index >= 15 is 0 Å². The van der Waals surface area contributed by atoms with Gasteiger partial charge in [-0.3, -0.25) is 0 Å². The van der Waals surface area contributed by atoms with E-state index in [4.69, 9.17) is 0 Å². The molecule has 2 rings (SSSR count). The largest absolute Gasteiger partial charge is 0.0654 e. The predicted molar refractivity (Wildman–Crippen MR) is 84.9 cm³/mol. The smallest absolute Gasteiger partial charge is 0.0276 e. The maximum atomic E-state index is 2.52. The van der Waals surface area contributed by atoms with Crippen molar-refractivity contribution in [1.82, 2.24) is 0 Å². The zero-order chi connectivity index (χ0) is 13.5. The lowest BCUT2D eigenvalue weighted by Crippen LogP contribution is -2.05. The standard InChI is InChI=1S/C19H30/c1-3-4-5-6-7-8-11-17-15-19-13-10-9-12-18(19)14-16(17)2/h14-15H,3-13H2,1-2H3. The minimum atomic E-state index is 1.30. The Kier molecular flexibility index (Phi) is 5.94. The molecule has 0 aromatic heterocycles. The molecule has 0 bridgehead atoms. The summed E-state index contributed by atoms with van der Waals surface area (Å²) < 4.78 is 0. The Hall–Kier alpha value is -0.780. The van der Waals surface area contributed by atoms with E-state index in [-0.39, 0.29) is 0 Å². The fourth-order valence-electron chi connectivity index (χ4n) is 3.33. The molecule has 0 spiro atoms. The lowest BCUT2D eigenvalue weighted by atomic mass is 9.87. The van der Waals surface area contributed by atoms with Crippen LogP contribution in [-0.2, 0) is 19.3 Å². The van der Waals surface area contributed by atoms with Crippen LogP contribution in [0.15, 0.2) is 12.1 Å². The van der Waals surface area contributed by atoms with Crippen LogP contribution in [0.5, 0.6) is 0 Å². The van der Waals surface area contributed by atoms with Gasteiger partial charge in [-0.05, 0) is 67.7 Å². The van der Waals surface area contributed by atoms with Gasteiger partial charge in [0.15, 0.2) is 0 Å². The average Bonchev–Trinajstić information content (AvgIpc) is 2.43. The van der Waals surface area contributed by atoms with Crippen molar-refractivity contribution >= 4 is 0 Å². The molecule has 19 heavy (non-hydrogen) atoms. The Morgan fingerprint density at radius 2 is 1.47 bits per heavy atom. The van der Waals surface area contributed by atoms with Gasteiger partial charge in [-0.2, -0.15) is 0 Å². The molecule has 106 valence electrons. The minimum absolute atomic E-state index is 1.30. The van der Waals surface area contributed by atoms with E-state index in [9.17, 15) is 0 Å². The first-order chi connectivity index (χ1) is 9.31. The number of benzene rings is 1. The summed E-state index contributed by atoms with van der Waals surface area (Å²) in [6.45, 7) is 4.60. The number of unbranched alkanes of at least 4 members (excludes halogenated alkanes) is 5. The average molecular weight is 258 g/mol. The summed E-state index contributed by atoms with van der Waals surface area (Å²) >= 11 is 0. The molecule has 0 unspecified atom stereocenters. The molecule has 0 N–H and O–H groups in total. The van der Waals surface area contributed by atoms with Crippen molar-refractivity contribution in [3.8, 4) is 0 Å². The Morgan fingerprint density at radius 3 is 2.21 bits per heavy atom. The molecular weight excluding hydrogens is 228 g/mol. The lowest BCUT2D eigenvalue weighted by Gasteiger charge is -2.18. The molecule has 0 aliphatic heterocycles. The van der Waals surface area contributed by atoms with Crippen molar-refractivity contribution in [2.75, 3.05) is 0 Å². The van der Waals surface area contributed by atoms with Crippen LogP contribution in [0.1, 0.15) is 80.5 Å². The third-order valence-corrected chi connectivity index (χ3v) is 4.60. The second-order valence-electron chi connectivity index (χ2n) is 6.27. The van der Waals surface area contributed by atoms with Gasteiger partial charge in [0.2, 0.25) is 0 Å². The highest BCUT2D eigenvalue weighted by Gasteiger charge is 2.11. The van der Waals surface area contributed by atoms with Crippen LogP contribution < -0.4 is 0 Å². The van der Waals surface area contributed by atoms with Crippen molar-refractivity contribution in [3.63, 3.8) is 0 Å². The molecule has 0 nitrogen and oxygen atoms in total. The monoisotopic (exact) mass is 258 g/mol. The van der Waals surface area contributed by atoms with Gasteiger partial charge >= 0.3 is 0 Å². The lowest BCUT2D eigenvalue weighted by molar-refractivity contribution is 0.606. The second-order valence-corrected chi connectivity index (χ2v) is 6.27. The third kappa shape index (κ3) is 4.37. The Labute approximate surface area is 119 Å². The van der Waals surface area contributed by atoms with Gasteiger partial charge in [-0.15, -0.1) is 0 Å². The zero-order valence-corrected chi connectivity index (χ0v) is 12.9. The molecule has 0 heteroatoms. The molecule has 1 aromatic rings. The summed E-state index contributed by atoms with van der Waals surface area (Å²) in [4.78, 5) is 0. The molecule has 0 amide bonds. The molecule has 0 saturated carbocycles. The Balaban J connectivity index is 1.83. The fourth-order valence-corrected chi connectivity index (χ4v) is 3.33. The highest BCUT2D eigenvalue weighted by atomic mass is 14.2. The fraction of sp³-hybridized carbons (Fsp3) is 0.684. The van der Waals surface area contributed by atoms with Gasteiger partial charge in [-0.25, -0.2) is 0 Å². The summed E-state index contributed by atoms with van der Waals surface area (Å²) in [5.41, 5.74) is 6.44. The molecule has 1 aromatic carbocycles. The van der Waals surface area contributed by atoms with Crippen LogP contribution >= 0.6 is 0 Å². The normalized spacial score (nSPS) is 14.4. The van der Waals surface area contributed by atoms with Gasteiger partial charge in [0.25, 0.3) is 0 Å². The van der Waals surface area contributed by atoms with Crippen molar-refractivity contribution in [1.29, 1.82) is 0 Å². The summed E-state index contributed by atoms with van der Waals surface area (Å²) in [6, 6.07) is 5.00. The summed E-state index contributed by atoms with van der Waals surface area (Å²) in [5, 5.41) is 0. The van der Waals surface area contributed by atoms with Crippen molar-refractivity contribution < 1.29 is 0 Å². The Morgan fingerprint density at radius 1 is 0.842 bits per heavy atom. The van der Waals surface area contributed by atoms with Gasteiger partial charge in [0.05, 0.1) is 0 Å². The summed E-state index contributed by atoms with van der Waals surface area (Å²) in [7, 11) is 0. The van der Waals surface area contributed by atoms with Gasteiger partial charge < -0.3 is 0 Å². The van der Waals surface area contributed by atoms with Gasteiger partial charge in [0, 0.05) is 0 Å². The van der Waals surface area contributed by atoms with Crippen LogP contribution in [-0.4, -0.2) is 0 Å². The number of rotatable bonds is 7. The molecule has 0 saturated heterocycles. The maximum Gasteiger partial charge on any atom is -0.0276 e. The van der Waals surface area contributed by atoms with Crippen LogP contribution in [0.25, 0.3) is 0 Å². The van der Waals surface area contributed by atoms with Gasteiger partial charge in [0.1, 0.15) is 0 Å². The first kappa shape index (κ1) is 14.6. The zero-order valence-electron chi connectivity index (χ0n) is 12.9. The van der Waals surface area contributed by atoms with Crippen LogP contribution in [0.4, 0.5) is 0 Å².